The second-order valence-electron chi connectivity index (χ2n) is 6.83. The molecule has 0 spiro atoms. The molecule has 156 valence electrons. The van der Waals surface area contributed by atoms with Crippen LogP contribution < -0.4 is 10.9 Å². The van der Waals surface area contributed by atoms with Gasteiger partial charge in [-0.25, -0.2) is 0 Å². The van der Waals surface area contributed by atoms with Gasteiger partial charge in [-0.2, -0.15) is 4.98 Å². The number of carbonyl (C=O) groups is 1. The Kier molecular flexibility index (Phi) is 6.01. The van der Waals surface area contributed by atoms with Gasteiger partial charge in [0.2, 0.25) is 11.7 Å². The van der Waals surface area contributed by atoms with Crippen molar-refractivity contribution in [2.45, 2.75) is 13.5 Å². The SMILES string of the molecule is Cc1ccc(NC(=O)Cn2cc(-c3nc(-c4ccc(Br)cc4)no3)ccc2=O)cc1Cl. The topological polar surface area (TPSA) is 90.0 Å². The summed E-state index contributed by atoms with van der Waals surface area (Å²) in [6.45, 7) is 1.70. The molecule has 0 bridgehead atoms. The van der Waals surface area contributed by atoms with Gasteiger partial charge in [0.05, 0.1) is 5.56 Å². The van der Waals surface area contributed by atoms with Crippen molar-refractivity contribution in [3.05, 3.63) is 86.2 Å². The van der Waals surface area contributed by atoms with Gasteiger partial charge in [0.25, 0.3) is 11.4 Å². The zero-order valence-corrected chi connectivity index (χ0v) is 18.6. The van der Waals surface area contributed by atoms with Gasteiger partial charge in [-0.05, 0) is 55.0 Å². The molecule has 7 nitrogen and oxygen atoms in total. The van der Waals surface area contributed by atoms with Gasteiger partial charge < -0.3 is 14.4 Å². The molecule has 2 heterocycles. The van der Waals surface area contributed by atoms with E-state index in [1.807, 2.05) is 37.3 Å². The monoisotopic (exact) mass is 498 g/mol. The minimum atomic E-state index is -0.361. The smallest absolute Gasteiger partial charge is 0.259 e. The molecular weight excluding hydrogens is 484 g/mol. The predicted octanol–water partition coefficient (Wildman–Crippen LogP) is 4.93. The number of nitrogens with one attached hydrogen (secondary N) is 1. The molecule has 0 aliphatic carbocycles. The van der Waals surface area contributed by atoms with E-state index in [0.29, 0.717) is 22.1 Å². The highest BCUT2D eigenvalue weighted by molar-refractivity contribution is 9.10. The summed E-state index contributed by atoms with van der Waals surface area (Å²) in [6.07, 6.45) is 1.52. The van der Waals surface area contributed by atoms with Gasteiger partial charge in [0.15, 0.2) is 0 Å². The van der Waals surface area contributed by atoms with Crippen molar-refractivity contribution >= 4 is 39.1 Å². The lowest BCUT2D eigenvalue weighted by Crippen LogP contribution is -2.26. The number of aryl methyl sites for hydroxylation is 1. The molecule has 0 aliphatic rings. The first-order valence-electron chi connectivity index (χ1n) is 9.25. The lowest BCUT2D eigenvalue weighted by Gasteiger charge is -2.09. The highest BCUT2D eigenvalue weighted by Gasteiger charge is 2.13. The van der Waals surface area contributed by atoms with E-state index in [-0.39, 0.29) is 23.9 Å². The van der Waals surface area contributed by atoms with Gasteiger partial charge in [-0.3, -0.25) is 9.59 Å². The second kappa shape index (κ2) is 8.87. The fraction of sp³-hybridized carbons (Fsp3) is 0.0909. The Morgan fingerprint density at radius 3 is 2.61 bits per heavy atom. The molecule has 0 unspecified atom stereocenters. The van der Waals surface area contributed by atoms with Gasteiger partial charge in [-0.1, -0.05) is 38.8 Å². The Labute approximate surface area is 190 Å². The molecule has 0 saturated heterocycles. The number of halogens is 2. The average Bonchev–Trinajstić information content (AvgIpc) is 3.23. The number of rotatable bonds is 5. The fourth-order valence-corrected chi connectivity index (χ4v) is 3.31. The maximum Gasteiger partial charge on any atom is 0.259 e. The van der Waals surface area contributed by atoms with Crippen molar-refractivity contribution in [1.29, 1.82) is 0 Å². The molecule has 1 N–H and O–H groups in total. The van der Waals surface area contributed by atoms with Crippen LogP contribution in [0, 0.1) is 6.92 Å². The molecule has 0 radical (unpaired) electrons. The normalized spacial score (nSPS) is 10.8. The number of benzene rings is 2. The van der Waals surface area contributed by atoms with E-state index in [1.54, 1.807) is 18.2 Å². The Morgan fingerprint density at radius 2 is 1.87 bits per heavy atom. The summed E-state index contributed by atoms with van der Waals surface area (Å²) in [5.41, 5.74) is 2.46. The first-order valence-corrected chi connectivity index (χ1v) is 10.4. The molecule has 4 aromatic rings. The second-order valence-corrected chi connectivity index (χ2v) is 8.15. The van der Waals surface area contributed by atoms with Crippen LogP contribution in [0.1, 0.15) is 5.56 Å². The summed E-state index contributed by atoms with van der Waals surface area (Å²) in [5.74, 6) is 0.312. The number of hydrogen-bond donors (Lipinski definition) is 1. The van der Waals surface area contributed by atoms with Crippen molar-refractivity contribution < 1.29 is 9.32 Å². The molecule has 4 rings (SSSR count). The summed E-state index contributed by atoms with van der Waals surface area (Å²) >= 11 is 9.48. The average molecular weight is 500 g/mol. The van der Waals surface area contributed by atoms with Crippen LogP contribution in [0.3, 0.4) is 0 Å². The number of amides is 1. The quantitative estimate of drug-likeness (QED) is 0.421. The predicted molar refractivity (Wildman–Crippen MR) is 122 cm³/mol. The summed E-state index contributed by atoms with van der Waals surface area (Å²) in [4.78, 5) is 29.1. The van der Waals surface area contributed by atoms with E-state index in [2.05, 4.69) is 31.4 Å². The molecule has 0 fully saturated rings. The summed E-state index contributed by atoms with van der Waals surface area (Å²) < 4.78 is 7.58. The van der Waals surface area contributed by atoms with E-state index in [4.69, 9.17) is 16.1 Å². The highest BCUT2D eigenvalue weighted by Crippen LogP contribution is 2.23. The highest BCUT2D eigenvalue weighted by atomic mass is 79.9. The minimum absolute atomic E-state index is 0.175. The number of hydrogen-bond acceptors (Lipinski definition) is 5. The largest absolute Gasteiger partial charge is 0.334 e. The van der Waals surface area contributed by atoms with Crippen molar-refractivity contribution in [3.8, 4) is 22.8 Å². The van der Waals surface area contributed by atoms with Crippen LogP contribution in [-0.4, -0.2) is 20.6 Å². The third-order valence-corrected chi connectivity index (χ3v) is 5.46. The third kappa shape index (κ3) is 4.92. The molecule has 2 aromatic heterocycles. The van der Waals surface area contributed by atoms with Gasteiger partial charge in [-0.15, -0.1) is 0 Å². The number of pyridine rings is 1. The van der Waals surface area contributed by atoms with Crippen LogP contribution in [-0.2, 0) is 11.3 Å². The van der Waals surface area contributed by atoms with E-state index in [1.165, 1.54) is 16.8 Å². The van der Waals surface area contributed by atoms with Crippen LogP contribution in [0.4, 0.5) is 5.69 Å². The van der Waals surface area contributed by atoms with Crippen molar-refractivity contribution in [1.82, 2.24) is 14.7 Å². The Balaban J connectivity index is 1.53. The van der Waals surface area contributed by atoms with Crippen LogP contribution in [0.15, 0.2) is 74.6 Å². The summed E-state index contributed by atoms with van der Waals surface area (Å²) in [7, 11) is 0. The van der Waals surface area contributed by atoms with Crippen molar-refractivity contribution in [2.75, 3.05) is 5.32 Å². The standard InChI is InChI=1S/C22H16BrClN4O3/c1-13-2-8-17(10-18(13)24)25-19(29)12-28-11-15(5-9-20(28)30)22-26-21(27-31-22)14-3-6-16(23)7-4-14/h2-11H,12H2,1H3,(H,25,29). The maximum atomic E-state index is 12.4. The van der Waals surface area contributed by atoms with Gasteiger partial charge in [0, 0.05) is 33.0 Å². The molecule has 0 aliphatic heterocycles. The van der Waals surface area contributed by atoms with Crippen molar-refractivity contribution in [2.24, 2.45) is 0 Å². The number of carbonyl (C=O) groups excluding carboxylic acids is 1. The first-order chi connectivity index (χ1) is 14.9. The number of aromatic nitrogens is 3. The Morgan fingerprint density at radius 1 is 1.13 bits per heavy atom. The molecular formula is C22H16BrClN4O3. The summed E-state index contributed by atoms with van der Waals surface area (Å²) in [6, 6.07) is 15.6. The first kappa shape index (κ1) is 21.0. The molecule has 9 heteroatoms. The third-order valence-electron chi connectivity index (χ3n) is 4.53. The minimum Gasteiger partial charge on any atom is -0.334 e. The molecule has 0 atom stereocenters. The fourth-order valence-electron chi connectivity index (χ4n) is 2.86. The Hall–Kier alpha value is -3.23. The zero-order chi connectivity index (χ0) is 22.0. The number of anilines is 1. The van der Waals surface area contributed by atoms with Gasteiger partial charge in [0.1, 0.15) is 6.54 Å². The molecule has 1 amide bonds. The van der Waals surface area contributed by atoms with Crippen LogP contribution in [0.2, 0.25) is 5.02 Å². The lowest BCUT2D eigenvalue weighted by molar-refractivity contribution is -0.116. The van der Waals surface area contributed by atoms with Crippen LogP contribution >= 0.6 is 27.5 Å². The van der Waals surface area contributed by atoms with Gasteiger partial charge >= 0.3 is 0 Å². The summed E-state index contributed by atoms with van der Waals surface area (Å²) in [5, 5.41) is 7.28. The Bertz CT molecular complexity index is 1320. The lowest BCUT2D eigenvalue weighted by atomic mass is 10.2. The van der Waals surface area contributed by atoms with E-state index in [9.17, 15) is 9.59 Å². The van der Waals surface area contributed by atoms with Crippen molar-refractivity contribution in [3.63, 3.8) is 0 Å². The van der Waals surface area contributed by atoms with Crippen LogP contribution in [0.25, 0.3) is 22.8 Å². The number of nitrogens with zero attached hydrogens (tertiary/aromatic N) is 3. The maximum absolute atomic E-state index is 12.4. The van der Waals surface area contributed by atoms with E-state index >= 15 is 0 Å². The van der Waals surface area contributed by atoms with Crippen LogP contribution in [0.5, 0.6) is 0 Å². The molecule has 0 saturated carbocycles. The van der Waals surface area contributed by atoms with E-state index < -0.39 is 0 Å². The van der Waals surface area contributed by atoms with E-state index in [0.717, 1.165) is 15.6 Å². The molecule has 31 heavy (non-hydrogen) atoms. The molecule has 2 aromatic carbocycles. The zero-order valence-electron chi connectivity index (χ0n) is 16.3.